The summed E-state index contributed by atoms with van der Waals surface area (Å²) in [6.45, 7) is 0. The highest BCUT2D eigenvalue weighted by Gasteiger charge is 2.33. The lowest BCUT2D eigenvalue weighted by Gasteiger charge is -2.22. The maximum atomic E-state index is 14.3. The lowest BCUT2D eigenvalue weighted by molar-refractivity contribution is 0.584. The fraction of sp³-hybridized carbons (Fsp3) is 0.0667. The van der Waals surface area contributed by atoms with E-state index in [1.54, 1.807) is 97.1 Å². The average Bonchev–Trinajstić information content (AvgIpc) is 2.88. The van der Waals surface area contributed by atoms with E-state index in [0.717, 1.165) is 8.95 Å². The zero-order valence-electron chi connectivity index (χ0n) is 19.4. The molecule has 0 saturated carbocycles. The van der Waals surface area contributed by atoms with Crippen molar-refractivity contribution in [3.05, 3.63) is 152 Å². The van der Waals surface area contributed by atoms with E-state index in [-0.39, 0.29) is 11.6 Å². The quantitative estimate of drug-likeness (QED) is 0.192. The Balaban J connectivity index is 1.81. The molecule has 0 bridgehead atoms. The van der Waals surface area contributed by atoms with Crippen molar-refractivity contribution in [1.82, 2.24) is 0 Å². The topological polar surface area (TPSA) is 34.1 Å². The molecule has 0 fully saturated rings. The lowest BCUT2D eigenvalue weighted by Crippen LogP contribution is -2.19. The molecule has 0 aromatic heterocycles. The highest BCUT2D eigenvalue weighted by atomic mass is 79.9. The Bertz CT molecular complexity index is 1390. The SMILES string of the molecule is O=S(=O)(C(C=Cc1ccc(F)cc1)c1ccc(Br)cc1)C(C=Cc1ccc(F)cc1)c1ccc(Br)cc1. The molecule has 0 saturated heterocycles. The van der Waals surface area contributed by atoms with Crippen molar-refractivity contribution >= 4 is 53.8 Å². The molecule has 0 aliphatic rings. The molecular weight excluding hydrogens is 622 g/mol. The summed E-state index contributed by atoms with van der Waals surface area (Å²) in [6.07, 6.45) is 6.63. The van der Waals surface area contributed by atoms with Gasteiger partial charge >= 0.3 is 0 Å². The van der Waals surface area contributed by atoms with Crippen LogP contribution in [-0.2, 0) is 9.84 Å². The largest absolute Gasteiger partial charge is 0.227 e. The third-order valence-corrected chi connectivity index (χ3v) is 9.10. The van der Waals surface area contributed by atoms with E-state index in [9.17, 15) is 17.2 Å². The van der Waals surface area contributed by atoms with Crippen LogP contribution in [0.5, 0.6) is 0 Å². The molecule has 2 unspecified atom stereocenters. The van der Waals surface area contributed by atoms with Gasteiger partial charge in [-0.1, -0.05) is 105 Å². The first-order valence-corrected chi connectivity index (χ1v) is 14.5. The van der Waals surface area contributed by atoms with E-state index < -0.39 is 20.3 Å². The van der Waals surface area contributed by atoms with Crippen LogP contribution in [0.1, 0.15) is 32.8 Å². The number of sulfone groups is 1. The molecule has 4 aromatic rings. The van der Waals surface area contributed by atoms with Gasteiger partial charge in [0.05, 0.1) is 0 Å². The van der Waals surface area contributed by atoms with Crippen molar-refractivity contribution in [3.8, 4) is 0 Å². The van der Waals surface area contributed by atoms with Gasteiger partial charge in [-0.15, -0.1) is 0 Å². The molecule has 4 aromatic carbocycles. The summed E-state index contributed by atoms with van der Waals surface area (Å²) in [7, 11) is -3.90. The van der Waals surface area contributed by atoms with Gasteiger partial charge in [0.15, 0.2) is 9.84 Å². The van der Waals surface area contributed by atoms with Crippen LogP contribution >= 0.6 is 31.9 Å². The molecule has 0 heterocycles. The lowest BCUT2D eigenvalue weighted by atomic mass is 10.1. The normalized spacial score (nSPS) is 13.7. The van der Waals surface area contributed by atoms with Gasteiger partial charge in [-0.3, -0.25) is 0 Å². The molecule has 0 amide bonds. The summed E-state index contributed by atoms with van der Waals surface area (Å²) >= 11 is 6.82. The second-order valence-corrected chi connectivity index (χ2v) is 12.4. The third kappa shape index (κ3) is 7.12. The standard InChI is InChI=1S/C30H22Br2F2O2S/c31-25-11-7-23(8-12-25)29(19-5-21-1-15-27(33)16-2-21)37(35,36)30(24-9-13-26(32)14-10-24)20-6-22-3-17-28(34)18-4-22/h1-20,29-30H. The molecule has 0 spiro atoms. The molecule has 37 heavy (non-hydrogen) atoms. The minimum atomic E-state index is -3.90. The highest BCUT2D eigenvalue weighted by Crippen LogP contribution is 2.38. The second-order valence-electron chi connectivity index (χ2n) is 8.35. The van der Waals surface area contributed by atoms with Crippen molar-refractivity contribution in [1.29, 1.82) is 0 Å². The molecule has 0 N–H and O–H groups in total. The molecule has 0 radical (unpaired) electrons. The van der Waals surface area contributed by atoms with Crippen molar-refractivity contribution in [2.75, 3.05) is 0 Å². The average molecular weight is 644 g/mol. The summed E-state index contributed by atoms with van der Waals surface area (Å²) in [5.74, 6) is -0.731. The van der Waals surface area contributed by atoms with Gasteiger partial charge in [0.1, 0.15) is 22.1 Å². The first-order valence-electron chi connectivity index (χ1n) is 11.3. The summed E-state index contributed by atoms with van der Waals surface area (Å²) in [6, 6.07) is 26.0. The van der Waals surface area contributed by atoms with Gasteiger partial charge in [0.25, 0.3) is 0 Å². The molecule has 188 valence electrons. The maximum Gasteiger partial charge on any atom is 0.171 e. The molecule has 4 rings (SSSR count). The highest BCUT2D eigenvalue weighted by molar-refractivity contribution is 9.10. The summed E-state index contributed by atoms with van der Waals surface area (Å²) < 4.78 is 57.1. The van der Waals surface area contributed by atoms with Crippen LogP contribution in [0.15, 0.2) is 118 Å². The van der Waals surface area contributed by atoms with Crippen LogP contribution in [0.4, 0.5) is 8.78 Å². The van der Waals surface area contributed by atoms with Crippen LogP contribution in [0.2, 0.25) is 0 Å². The predicted octanol–water partition coefficient (Wildman–Crippen LogP) is 9.11. The Hall–Kier alpha value is -2.87. The molecular formula is C30H22Br2F2O2S. The maximum absolute atomic E-state index is 14.3. The van der Waals surface area contributed by atoms with Crippen LogP contribution in [0, 0.1) is 11.6 Å². The minimum Gasteiger partial charge on any atom is -0.227 e. The third-order valence-electron chi connectivity index (χ3n) is 5.77. The number of benzene rings is 4. The van der Waals surface area contributed by atoms with Crippen molar-refractivity contribution in [2.24, 2.45) is 0 Å². The fourth-order valence-electron chi connectivity index (χ4n) is 3.83. The predicted molar refractivity (Wildman–Crippen MR) is 154 cm³/mol. The molecule has 0 aliphatic carbocycles. The van der Waals surface area contributed by atoms with Gasteiger partial charge < -0.3 is 0 Å². The summed E-state index contributed by atoms with van der Waals surface area (Å²) in [4.78, 5) is 0. The number of hydrogen-bond acceptors (Lipinski definition) is 2. The van der Waals surface area contributed by atoms with E-state index in [1.807, 2.05) is 0 Å². The van der Waals surface area contributed by atoms with E-state index in [2.05, 4.69) is 31.9 Å². The van der Waals surface area contributed by atoms with Gasteiger partial charge in [-0.2, -0.15) is 0 Å². The monoisotopic (exact) mass is 642 g/mol. The van der Waals surface area contributed by atoms with Gasteiger partial charge in [0, 0.05) is 8.95 Å². The first-order chi connectivity index (χ1) is 17.7. The zero-order chi connectivity index (χ0) is 26.4. The number of rotatable bonds is 8. The Morgan fingerprint density at radius 2 is 0.865 bits per heavy atom. The summed E-state index contributed by atoms with van der Waals surface area (Å²) in [5.41, 5.74) is 2.55. The number of halogens is 4. The Kier molecular flexibility index (Phi) is 8.90. The minimum absolute atomic E-state index is 0.365. The van der Waals surface area contributed by atoms with E-state index in [1.165, 1.54) is 24.3 Å². The van der Waals surface area contributed by atoms with Crippen LogP contribution < -0.4 is 0 Å². The van der Waals surface area contributed by atoms with Crippen LogP contribution in [0.3, 0.4) is 0 Å². The van der Waals surface area contributed by atoms with Crippen molar-refractivity contribution in [3.63, 3.8) is 0 Å². The first kappa shape index (κ1) is 27.2. The van der Waals surface area contributed by atoms with Gasteiger partial charge in [0.2, 0.25) is 0 Å². The Labute approximate surface area is 232 Å². The molecule has 0 aliphatic heterocycles. The van der Waals surface area contributed by atoms with Crippen LogP contribution in [-0.4, -0.2) is 8.42 Å². The Morgan fingerprint density at radius 1 is 0.541 bits per heavy atom. The smallest absolute Gasteiger partial charge is 0.171 e. The van der Waals surface area contributed by atoms with Crippen molar-refractivity contribution < 1.29 is 17.2 Å². The van der Waals surface area contributed by atoms with E-state index >= 15 is 0 Å². The van der Waals surface area contributed by atoms with Gasteiger partial charge in [-0.25, -0.2) is 17.2 Å². The van der Waals surface area contributed by atoms with Crippen LogP contribution in [0.25, 0.3) is 12.2 Å². The summed E-state index contributed by atoms with van der Waals surface area (Å²) in [5, 5.41) is -1.98. The fourth-order valence-corrected chi connectivity index (χ4v) is 6.34. The molecule has 7 heteroatoms. The second kappa shape index (κ2) is 12.1. The van der Waals surface area contributed by atoms with Gasteiger partial charge in [-0.05, 0) is 70.8 Å². The van der Waals surface area contributed by atoms with Crippen molar-refractivity contribution in [2.45, 2.75) is 10.5 Å². The van der Waals surface area contributed by atoms with E-state index in [0.29, 0.717) is 22.3 Å². The molecule has 2 nitrogen and oxygen atoms in total. The number of hydrogen-bond donors (Lipinski definition) is 0. The zero-order valence-corrected chi connectivity index (χ0v) is 23.4. The molecule has 2 atom stereocenters. The Morgan fingerprint density at radius 3 is 1.19 bits per heavy atom. The van der Waals surface area contributed by atoms with E-state index in [4.69, 9.17) is 0 Å².